The number of aryl methyl sites for hydroxylation is 1. The van der Waals surface area contributed by atoms with Gasteiger partial charge in [0.25, 0.3) is 0 Å². The van der Waals surface area contributed by atoms with E-state index < -0.39 is 5.97 Å². The molecule has 0 saturated carbocycles. The predicted octanol–water partition coefficient (Wildman–Crippen LogP) is 4.55. The Balaban J connectivity index is 1.91. The van der Waals surface area contributed by atoms with Gasteiger partial charge in [-0.2, -0.15) is 0 Å². The highest BCUT2D eigenvalue weighted by molar-refractivity contribution is 5.72. The highest BCUT2D eigenvalue weighted by atomic mass is 16.5. The van der Waals surface area contributed by atoms with Crippen molar-refractivity contribution in [2.75, 3.05) is 26.2 Å². The van der Waals surface area contributed by atoms with Crippen LogP contribution < -0.4 is 14.4 Å². The van der Waals surface area contributed by atoms with Gasteiger partial charge in [-0.05, 0) is 30.2 Å². The molecule has 2 aromatic carbocycles. The van der Waals surface area contributed by atoms with Crippen LogP contribution in [0.3, 0.4) is 0 Å². The highest BCUT2D eigenvalue weighted by Gasteiger charge is 2.15. The summed E-state index contributed by atoms with van der Waals surface area (Å²) in [5.74, 6) is 0.341. The number of rotatable bonds is 8. The van der Waals surface area contributed by atoms with Crippen molar-refractivity contribution in [2.45, 2.75) is 12.8 Å². The lowest BCUT2D eigenvalue weighted by atomic mass is 10.1. The van der Waals surface area contributed by atoms with Crippen molar-refractivity contribution in [1.82, 2.24) is 4.98 Å². The van der Waals surface area contributed by atoms with Gasteiger partial charge in [-0.15, -0.1) is 0 Å². The molecule has 0 fully saturated rings. The molecule has 29 heavy (non-hydrogen) atoms. The molecule has 0 bridgehead atoms. The lowest BCUT2D eigenvalue weighted by molar-refractivity contribution is -0.136. The number of methoxy groups -OCH3 is 2. The van der Waals surface area contributed by atoms with Gasteiger partial charge in [0.2, 0.25) is 5.88 Å². The maximum Gasteiger partial charge on any atom is 0.303 e. The van der Waals surface area contributed by atoms with Gasteiger partial charge in [-0.25, -0.2) is 4.98 Å². The van der Waals surface area contributed by atoms with Crippen LogP contribution in [0.25, 0.3) is 11.3 Å². The minimum atomic E-state index is -0.831. The number of carbonyl (C=O) groups is 1. The summed E-state index contributed by atoms with van der Waals surface area (Å²) in [6.45, 7) is 0. The maximum absolute atomic E-state index is 10.9. The van der Waals surface area contributed by atoms with Crippen molar-refractivity contribution in [1.29, 1.82) is 0 Å². The minimum absolute atomic E-state index is 0.0598. The lowest BCUT2D eigenvalue weighted by Gasteiger charge is -2.23. The molecule has 0 saturated heterocycles. The number of carboxylic acids is 1. The van der Waals surface area contributed by atoms with Gasteiger partial charge in [0.1, 0.15) is 11.4 Å². The summed E-state index contributed by atoms with van der Waals surface area (Å²) < 4.78 is 11.0. The van der Waals surface area contributed by atoms with Gasteiger partial charge in [-0.1, -0.05) is 36.4 Å². The highest BCUT2D eigenvalue weighted by Crippen LogP contribution is 2.35. The molecule has 1 N–H and O–H groups in total. The molecule has 0 aliphatic rings. The third-order valence-electron chi connectivity index (χ3n) is 4.73. The van der Waals surface area contributed by atoms with Crippen LogP contribution in [0.2, 0.25) is 0 Å². The molecule has 150 valence electrons. The van der Waals surface area contributed by atoms with Gasteiger partial charge in [0.05, 0.1) is 19.9 Å². The number of nitrogens with zero attached hydrogens (tertiary/aromatic N) is 2. The molecule has 3 aromatic rings. The van der Waals surface area contributed by atoms with Crippen LogP contribution in [-0.2, 0) is 11.2 Å². The van der Waals surface area contributed by atoms with Crippen molar-refractivity contribution in [3.05, 3.63) is 66.2 Å². The first-order valence-corrected chi connectivity index (χ1v) is 9.26. The second-order valence-electron chi connectivity index (χ2n) is 6.54. The van der Waals surface area contributed by atoms with Gasteiger partial charge in [0, 0.05) is 30.8 Å². The Hall–Kier alpha value is -3.54. The number of anilines is 2. The van der Waals surface area contributed by atoms with Gasteiger partial charge < -0.3 is 19.5 Å². The smallest absolute Gasteiger partial charge is 0.303 e. The molecule has 6 nitrogen and oxygen atoms in total. The Kier molecular flexibility index (Phi) is 6.34. The van der Waals surface area contributed by atoms with Crippen molar-refractivity contribution in [2.24, 2.45) is 0 Å². The summed E-state index contributed by atoms with van der Waals surface area (Å²) in [6, 6.07) is 19.6. The zero-order chi connectivity index (χ0) is 20.8. The van der Waals surface area contributed by atoms with E-state index in [1.165, 1.54) is 0 Å². The summed E-state index contributed by atoms with van der Waals surface area (Å²) in [5.41, 5.74) is 4.41. The average molecular weight is 392 g/mol. The zero-order valence-corrected chi connectivity index (χ0v) is 16.8. The Bertz CT molecular complexity index is 989. The van der Waals surface area contributed by atoms with Crippen LogP contribution in [-0.4, -0.2) is 37.3 Å². The standard InChI is InChI=1S/C23H24N2O4/c1-25(18-11-9-17(10-14-22(26)27)21(15-18)28-2)20-13-12-19(24-23(20)29-3)16-7-5-4-6-8-16/h4-9,11-13,15H,10,14H2,1-3H3,(H,26,27). The van der Waals surface area contributed by atoms with Crippen LogP contribution >= 0.6 is 0 Å². The normalized spacial score (nSPS) is 10.4. The molecule has 0 unspecified atom stereocenters. The summed E-state index contributed by atoms with van der Waals surface area (Å²) in [4.78, 5) is 17.5. The summed E-state index contributed by atoms with van der Waals surface area (Å²) >= 11 is 0. The lowest BCUT2D eigenvalue weighted by Crippen LogP contribution is -2.12. The fraction of sp³-hybridized carbons (Fsp3) is 0.217. The van der Waals surface area contributed by atoms with Crippen LogP contribution in [0.5, 0.6) is 11.6 Å². The fourth-order valence-electron chi connectivity index (χ4n) is 3.14. The van der Waals surface area contributed by atoms with Crippen LogP contribution in [0.1, 0.15) is 12.0 Å². The number of aromatic nitrogens is 1. The van der Waals surface area contributed by atoms with E-state index >= 15 is 0 Å². The molecule has 0 aliphatic carbocycles. The number of benzene rings is 2. The number of hydrogen-bond donors (Lipinski definition) is 1. The van der Waals surface area contributed by atoms with Gasteiger partial charge >= 0.3 is 5.97 Å². The van der Waals surface area contributed by atoms with E-state index in [-0.39, 0.29) is 6.42 Å². The molecule has 1 aromatic heterocycles. The average Bonchev–Trinajstić information content (AvgIpc) is 2.77. The van der Waals surface area contributed by atoms with E-state index in [2.05, 4.69) is 4.98 Å². The number of aliphatic carboxylic acids is 1. The summed E-state index contributed by atoms with van der Waals surface area (Å²) in [5, 5.41) is 8.92. The quantitative estimate of drug-likeness (QED) is 0.606. The zero-order valence-electron chi connectivity index (χ0n) is 16.8. The molecule has 0 atom stereocenters. The van der Waals surface area contributed by atoms with Crippen molar-refractivity contribution < 1.29 is 19.4 Å². The van der Waals surface area contributed by atoms with Crippen LogP contribution in [0, 0.1) is 0 Å². The molecule has 0 aliphatic heterocycles. The summed E-state index contributed by atoms with van der Waals surface area (Å²) in [6.07, 6.45) is 0.476. The Morgan fingerprint density at radius 1 is 1.03 bits per heavy atom. The topological polar surface area (TPSA) is 71.9 Å². The number of hydrogen-bond acceptors (Lipinski definition) is 5. The molecular formula is C23H24N2O4. The maximum atomic E-state index is 10.9. The number of ether oxygens (including phenoxy) is 2. The van der Waals surface area contributed by atoms with E-state index in [0.717, 1.165) is 28.2 Å². The van der Waals surface area contributed by atoms with Crippen LogP contribution in [0.4, 0.5) is 11.4 Å². The van der Waals surface area contributed by atoms with Crippen molar-refractivity contribution >= 4 is 17.3 Å². The molecule has 1 heterocycles. The third kappa shape index (κ3) is 4.66. The predicted molar refractivity (Wildman–Crippen MR) is 113 cm³/mol. The van der Waals surface area contributed by atoms with Crippen LogP contribution in [0.15, 0.2) is 60.7 Å². The molecule has 3 rings (SSSR count). The van der Waals surface area contributed by atoms with E-state index in [4.69, 9.17) is 14.6 Å². The largest absolute Gasteiger partial charge is 0.496 e. The number of carboxylic acid groups (broad SMARTS) is 1. The molecule has 0 radical (unpaired) electrons. The third-order valence-corrected chi connectivity index (χ3v) is 4.73. The van der Waals surface area contributed by atoms with Crippen molar-refractivity contribution in [3.8, 4) is 22.9 Å². The van der Waals surface area contributed by atoms with E-state index in [1.807, 2.05) is 72.6 Å². The summed E-state index contributed by atoms with van der Waals surface area (Å²) in [7, 11) is 5.11. The van der Waals surface area contributed by atoms with Crippen molar-refractivity contribution in [3.63, 3.8) is 0 Å². The first kappa shape index (κ1) is 20.2. The molecule has 0 spiro atoms. The minimum Gasteiger partial charge on any atom is -0.496 e. The van der Waals surface area contributed by atoms with E-state index in [9.17, 15) is 4.79 Å². The van der Waals surface area contributed by atoms with Gasteiger partial charge in [0.15, 0.2) is 0 Å². The Labute approximate surface area is 170 Å². The molecular weight excluding hydrogens is 368 g/mol. The van der Waals surface area contributed by atoms with E-state index in [0.29, 0.717) is 18.1 Å². The first-order chi connectivity index (χ1) is 14.0. The Morgan fingerprint density at radius 3 is 2.45 bits per heavy atom. The van der Waals surface area contributed by atoms with E-state index in [1.54, 1.807) is 14.2 Å². The monoisotopic (exact) mass is 392 g/mol. The molecule has 0 amide bonds. The Morgan fingerprint density at radius 2 is 1.79 bits per heavy atom. The fourth-order valence-corrected chi connectivity index (χ4v) is 3.14. The first-order valence-electron chi connectivity index (χ1n) is 9.26. The SMILES string of the molecule is COc1cc(N(C)c2ccc(-c3ccccc3)nc2OC)ccc1CCC(=O)O. The molecule has 6 heteroatoms. The second kappa shape index (κ2) is 9.10. The van der Waals surface area contributed by atoms with Gasteiger partial charge in [-0.3, -0.25) is 4.79 Å². The second-order valence-corrected chi connectivity index (χ2v) is 6.54. The number of pyridine rings is 1.